The summed E-state index contributed by atoms with van der Waals surface area (Å²) in [6, 6.07) is 9.54. The van der Waals surface area contributed by atoms with Gasteiger partial charge in [0.05, 0.1) is 20.4 Å². The number of sulfone groups is 1. The molecule has 2 nitrogen and oxygen atoms in total. The second-order valence-electron chi connectivity index (χ2n) is 3.96. The Morgan fingerprint density at radius 3 is 2.05 bits per heavy atom. The van der Waals surface area contributed by atoms with Crippen molar-refractivity contribution in [2.45, 2.75) is 16.0 Å². The molecule has 0 bridgehead atoms. The Hall–Kier alpha value is -1.53. The SMILES string of the molecule is O=S(=O)(c1ccccc1)c1ccc(C(F)(F)F)cc1Cl. The summed E-state index contributed by atoms with van der Waals surface area (Å²) in [7, 11) is -3.93. The van der Waals surface area contributed by atoms with E-state index < -0.39 is 26.6 Å². The van der Waals surface area contributed by atoms with Gasteiger partial charge in [-0.3, -0.25) is 0 Å². The largest absolute Gasteiger partial charge is 0.416 e. The first kappa shape index (κ1) is 14.9. The monoisotopic (exact) mass is 320 g/mol. The van der Waals surface area contributed by atoms with Crippen molar-refractivity contribution in [3.8, 4) is 0 Å². The van der Waals surface area contributed by atoms with E-state index in [9.17, 15) is 21.6 Å². The van der Waals surface area contributed by atoms with Crippen molar-refractivity contribution in [3.63, 3.8) is 0 Å². The second-order valence-corrected chi connectivity index (χ2v) is 6.28. The molecule has 0 heterocycles. The Balaban J connectivity index is 2.55. The van der Waals surface area contributed by atoms with Gasteiger partial charge >= 0.3 is 6.18 Å². The smallest absolute Gasteiger partial charge is 0.218 e. The molecule has 0 N–H and O–H groups in total. The summed E-state index contributed by atoms with van der Waals surface area (Å²) in [6.45, 7) is 0. The Morgan fingerprint density at radius 2 is 1.55 bits per heavy atom. The van der Waals surface area contributed by atoms with Gasteiger partial charge in [-0.1, -0.05) is 29.8 Å². The highest BCUT2D eigenvalue weighted by atomic mass is 35.5. The van der Waals surface area contributed by atoms with Gasteiger partial charge in [0.1, 0.15) is 0 Å². The van der Waals surface area contributed by atoms with Crippen LogP contribution >= 0.6 is 11.6 Å². The van der Waals surface area contributed by atoms with Crippen LogP contribution in [0.15, 0.2) is 58.3 Å². The molecule has 2 aromatic rings. The topological polar surface area (TPSA) is 34.1 Å². The van der Waals surface area contributed by atoms with Crippen LogP contribution in [0.2, 0.25) is 5.02 Å². The van der Waals surface area contributed by atoms with Crippen molar-refractivity contribution in [2.75, 3.05) is 0 Å². The van der Waals surface area contributed by atoms with Gasteiger partial charge in [-0.2, -0.15) is 13.2 Å². The van der Waals surface area contributed by atoms with Gasteiger partial charge in [0.25, 0.3) is 0 Å². The summed E-state index contributed by atoms with van der Waals surface area (Å²) < 4.78 is 62.0. The summed E-state index contributed by atoms with van der Waals surface area (Å²) >= 11 is 5.69. The normalized spacial score (nSPS) is 12.4. The highest BCUT2D eigenvalue weighted by molar-refractivity contribution is 7.91. The zero-order chi connectivity index (χ0) is 15.0. The predicted molar refractivity (Wildman–Crippen MR) is 68.3 cm³/mol. The quantitative estimate of drug-likeness (QED) is 0.831. The van der Waals surface area contributed by atoms with Crippen LogP contribution in [-0.2, 0) is 16.0 Å². The summed E-state index contributed by atoms with van der Waals surface area (Å²) in [5.74, 6) is 0. The number of hydrogen-bond acceptors (Lipinski definition) is 2. The Morgan fingerprint density at radius 1 is 0.950 bits per heavy atom. The molecule has 20 heavy (non-hydrogen) atoms. The summed E-state index contributed by atoms with van der Waals surface area (Å²) in [5.41, 5.74) is -0.991. The maximum absolute atomic E-state index is 12.5. The van der Waals surface area contributed by atoms with Crippen LogP contribution in [0.3, 0.4) is 0 Å². The van der Waals surface area contributed by atoms with Crippen LogP contribution < -0.4 is 0 Å². The number of hydrogen-bond donors (Lipinski definition) is 0. The number of halogens is 4. The highest BCUT2D eigenvalue weighted by Crippen LogP contribution is 2.34. The number of rotatable bonds is 2. The third-order valence-electron chi connectivity index (χ3n) is 2.60. The Kier molecular flexibility index (Phi) is 3.80. The molecule has 0 spiro atoms. The fourth-order valence-corrected chi connectivity index (χ4v) is 3.44. The van der Waals surface area contributed by atoms with E-state index in [0.29, 0.717) is 12.1 Å². The molecule has 0 amide bonds. The predicted octanol–water partition coefficient (Wildman–Crippen LogP) is 4.19. The van der Waals surface area contributed by atoms with Crippen molar-refractivity contribution < 1.29 is 21.6 Å². The standard InChI is InChI=1S/C13H8ClF3O2S/c14-11-8-9(13(15,16)17)6-7-12(11)20(18,19)10-4-2-1-3-5-10/h1-8H. The van der Waals surface area contributed by atoms with E-state index in [0.717, 1.165) is 6.07 Å². The van der Waals surface area contributed by atoms with Gasteiger partial charge in [0.2, 0.25) is 9.84 Å². The van der Waals surface area contributed by atoms with E-state index in [-0.39, 0.29) is 9.79 Å². The summed E-state index contributed by atoms with van der Waals surface area (Å²) in [5, 5.41) is -0.455. The van der Waals surface area contributed by atoms with Crippen LogP contribution in [-0.4, -0.2) is 8.42 Å². The molecule has 7 heteroatoms. The molecule has 2 aromatic carbocycles. The molecule has 0 fully saturated rings. The number of benzene rings is 2. The van der Waals surface area contributed by atoms with E-state index in [1.54, 1.807) is 6.07 Å². The first-order valence-corrected chi connectivity index (χ1v) is 7.26. The maximum atomic E-state index is 12.5. The van der Waals surface area contributed by atoms with E-state index in [1.165, 1.54) is 24.3 Å². The molecule has 106 valence electrons. The zero-order valence-electron chi connectivity index (χ0n) is 9.86. The van der Waals surface area contributed by atoms with Gasteiger partial charge in [0, 0.05) is 0 Å². The van der Waals surface area contributed by atoms with Crippen LogP contribution in [0.4, 0.5) is 13.2 Å². The third-order valence-corrected chi connectivity index (χ3v) is 4.85. The molecule has 0 aliphatic carbocycles. The van der Waals surface area contributed by atoms with Crippen LogP contribution in [0, 0.1) is 0 Å². The first-order valence-electron chi connectivity index (χ1n) is 5.40. The Bertz CT molecular complexity index is 725. The minimum Gasteiger partial charge on any atom is -0.218 e. The minimum atomic E-state index is -4.57. The average Bonchev–Trinajstić information content (AvgIpc) is 2.38. The van der Waals surface area contributed by atoms with Gasteiger partial charge < -0.3 is 0 Å². The van der Waals surface area contributed by atoms with Gasteiger partial charge in [0.15, 0.2) is 0 Å². The molecule has 0 atom stereocenters. The molecule has 0 saturated heterocycles. The molecule has 0 aliphatic rings. The maximum Gasteiger partial charge on any atom is 0.416 e. The highest BCUT2D eigenvalue weighted by Gasteiger charge is 2.32. The van der Waals surface area contributed by atoms with E-state index in [2.05, 4.69) is 0 Å². The Labute approximate surface area is 118 Å². The molecular formula is C13H8ClF3O2S. The molecule has 0 saturated carbocycles. The van der Waals surface area contributed by atoms with Gasteiger partial charge in [-0.15, -0.1) is 0 Å². The second kappa shape index (κ2) is 5.10. The molecule has 0 aliphatic heterocycles. The van der Waals surface area contributed by atoms with E-state index in [1.807, 2.05) is 0 Å². The first-order chi connectivity index (χ1) is 9.23. The van der Waals surface area contributed by atoms with Crippen LogP contribution in [0.25, 0.3) is 0 Å². The lowest BCUT2D eigenvalue weighted by molar-refractivity contribution is -0.137. The molecule has 0 aromatic heterocycles. The fourth-order valence-electron chi connectivity index (χ4n) is 1.62. The fraction of sp³-hybridized carbons (Fsp3) is 0.0769. The molecule has 2 rings (SSSR count). The third kappa shape index (κ3) is 2.81. The van der Waals surface area contributed by atoms with Crippen molar-refractivity contribution in [1.82, 2.24) is 0 Å². The van der Waals surface area contributed by atoms with Gasteiger partial charge in [-0.05, 0) is 30.3 Å². The summed E-state index contributed by atoms with van der Waals surface area (Å²) in [4.78, 5) is -0.375. The lowest BCUT2D eigenvalue weighted by Gasteiger charge is -2.10. The minimum absolute atomic E-state index is 0.0262. The van der Waals surface area contributed by atoms with Crippen molar-refractivity contribution in [3.05, 3.63) is 59.1 Å². The van der Waals surface area contributed by atoms with Crippen LogP contribution in [0.5, 0.6) is 0 Å². The molecular weight excluding hydrogens is 313 g/mol. The number of alkyl halides is 3. The van der Waals surface area contributed by atoms with E-state index >= 15 is 0 Å². The lowest BCUT2D eigenvalue weighted by atomic mass is 10.2. The van der Waals surface area contributed by atoms with Gasteiger partial charge in [-0.25, -0.2) is 8.42 Å². The lowest BCUT2D eigenvalue weighted by Crippen LogP contribution is -2.07. The molecule has 0 radical (unpaired) electrons. The van der Waals surface area contributed by atoms with Crippen LogP contribution in [0.1, 0.15) is 5.56 Å². The summed E-state index contributed by atoms with van der Waals surface area (Å²) in [6.07, 6.45) is -4.57. The van der Waals surface area contributed by atoms with Crippen molar-refractivity contribution in [1.29, 1.82) is 0 Å². The van der Waals surface area contributed by atoms with E-state index in [4.69, 9.17) is 11.6 Å². The zero-order valence-corrected chi connectivity index (χ0v) is 11.4. The molecule has 0 unspecified atom stereocenters. The van der Waals surface area contributed by atoms with Crippen molar-refractivity contribution in [2.24, 2.45) is 0 Å². The van der Waals surface area contributed by atoms with Crippen molar-refractivity contribution >= 4 is 21.4 Å². The average molecular weight is 321 g/mol.